The van der Waals surface area contributed by atoms with Gasteiger partial charge >= 0.3 is 0 Å². The smallest absolute Gasteiger partial charge is 0.255 e. The van der Waals surface area contributed by atoms with Crippen LogP contribution < -0.4 is 10.1 Å². The summed E-state index contributed by atoms with van der Waals surface area (Å²) in [5.41, 5.74) is 1.82. The van der Waals surface area contributed by atoms with Crippen molar-refractivity contribution in [1.29, 1.82) is 0 Å². The van der Waals surface area contributed by atoms with Crippen LogP contribution in [0.3, 0.4) is 0 Å². The topological polar surface area (TPSA) is 41.6 Å². The lowest BCUT2D eigenvalue weighted by Crippen LogP contribution is -2.34. The molecule has 0 radical (unpaired) electrons. The molecule has 0 aliphatic heterocycles. The number of para-hydroxylation sites is 1. The number of rotatable bonds is 10. The van der Waals surface area contributed by atoms with Crippen LogP contribution in [0.4, 0.5) is 0 Å². The number of amides is 1. The molecule has 0 saturated carbocycles. The number of nitrogens with zero attached hydrogens (tertiary/aromatic N) is 1. The Morgan fingerprint density at radius 2 is 1.68 bits per heavy atom. The number of nitrogens with one attached hydrogen (secondary N) is 1. The van der Waals surface area contributed by atoms with Crippen LogP contribution >= 0.6 is 0 Å². The summed E-state index contributed by atoms with van der Waals surface area (Å²) in [6, 6.07) is 17.6. The summed E-state index contributed by atoms with van der Waals surface area (Å²) >= 11 is 0. The molecule has 0 fully saturated rings. The van der Waals surface area contributed by atoms with Crippen molar-refractivity contribution < 1.29 is 9.53 Å². The summed E-state index contributed by atoms with van der Waals surface area (Å²) < 4.78 is 5.86. The highest BCUT2D eigenvalue weighted by atomic mass is 16.5. The minimum Gasteiger partial charge on any atom is -0.492 e. The Morgan fingerprint density at radius 3 is 2.40 bits per heavy atom. The second-order valence-electron chi connectivity index (χ2n) is 5.86. The SMILES string of the molecule is CCN(CC)CCNC(=O)c1ccccc1OCCc1ccccc1. The molecule has 0 atom stereocenters. The average Bonchev–Trinajstić information content (AvgIpc) is 2.66. The van der Waals surface area contributed by atoms with Gasteiger partial charge in [0.05, 0.1) is 12.2 Å². The van der Waals surface area contributed by atoms with Crippen LogP contribution in [0.25, 0.3) is 0 Å². The molecule has 134 valence electrons. The third kappa shape index (κ3) is 6.24. The van der Waals surface area contributed by atoms with Gasteiger partial charge in [-0.15, -0.1) is 0 Å². The maximum Gasteiger partial charge on any atom is 0.255 e. The first-order valence-corrected chi connectivity index (χ1v) is 9.00. The van der Waals surface area contributed by atoms with Gasteiger partial charge in [0.1, 0.15) is 5.75 Å². The van der Waals surface area contributed by atoms with E-state index in [2.05, 4.69) is 36.2 Å². The van der Waals surface area contributed by atoms with Crippen molar-refractivity contribution >= 4 is 5.91 Å². The third-order valence-corrected chi connectivity index (χ3v) is 4.23. The molecular weight excluding hydrogens is 312 g/mol. The van der Waals surface area contributed by atoms with Crippen LogP contribution in [0.15, 0.2) is 54.6 Å². The molecule has 4 nitrogen and oxygen atoms in total. The zero-order chi connectivity index (χ0) is 17.9. The standard InChI is InChI=1S/C21H28N2O2/c1-3-23(4-2)16-15-22-21(24)19-12-8-9-13-20(19)25-17-14-18-10-6-5-7-11-18/h5-13H,3-4,14-17H2,1-2H3,(H,22,24). The van der Waals surface area contributed by atoms with E-state index in [9.17, 15) is 4.79 Å². The molecule has 0 aliphatic rings. The van der Waals surface area contributed by atoms with Gasteiger partial charge in [-0.05, 0) is 30.8 Å². The van der Waals surface area contributed by atoms with E-state index in [0.29, 0.717) is 24.5 Å². The number of carbonyl (C=O) groups is 1. The summed E-state index contributed by atoms with van der Waals surface area (Å²) in [6.07, 6.45) is 0.818. The molecule has 2 rings (SSSR count). The molecular formula is C21H28N2O2. The monoisotopic (exact) mass is 340 g/mol. The predicted molar refractivity (Wildman–Crippen MR) is 102 cm³/mol. The lowest BCUT2D eigenvalue weighted by molar-refractivity contribution is 0.0945. The highest BCUT2D eigenvalue weighted by Gasteiger charge is 2.12. The van der Waals surface area contributed by atoms with Crippen molar-refractivity contribution in [2.24, 2.45) is 0 Å². The first-order chi connectivity index (χ1) is 12.2. The highest BCUT2D eigenvalue weighted by Crippen LogP contribution is 2.18. The van der Waals surface area contributed by atoms with E-state index in [0.717, 1.165) is 26.1 Å². The fraction of sp³-hybridized carbons (Fsp3) is 0.381. The Bertz CT molecular complexity index is 639. The minimum atomic E-state index is -0.0810. The summed E-state index contributed by atoms with van der Waals surface area (Å²) in [4.78, 5) is 14.7. The molecule has 0 saturated heterocycles. The van der Waals surface area contributed by atoms with Crippen LogP contribution in [0.2, 0.25) is 0 Å². The van der Waals surface area contributed by atoms with E-state index in [1.165, 1.54) is 5.56 Å². The molecule has 0 bridgehead atoms. The van der Waals surface area contributed by atoms with Gasteiger partial charge in [-0.2, -0.15) is 0 Å². The van der Waals surface area contributed by atoms with Crippen molar-refractivity contribution in [1.82, 2.24) is 10.2 Å². The number of likely N-dealkylation sites (N-methyl/N-ethyl adjacent to an activating group) is 1. The van der Waals surface area contributed by atoms with Gasteiger partial charge in [-0.3, -0.25) is 4.79 Å². The summed E-state index contributed by atoms with van der Waals surface area (Å²) in [6.45, 7) is 8.28. The zero-order valence-corrected chi connectivity index (χ0v) is 15.2. The Kier molecular flexibility index (Phi) is 7.99. The van der Waals surface area contributed by atoms with Gasteiger partial charge in [-0.1, -0.05) is 56.3 Å². The van der Waals surface area contributed by atoms with Gasteiger partial charge < -0.3 is 15.0 Å². The van der Waals surface area contributed by atoms with Crippen molar-refractivity contribution in [2.45, 2.75) is 20.3 Å². The summed E-state index contributed by atoms with van der Waals surface area (Å²) in [5.74, 6) is 0.557. The molecule has 1 amide bonds. The van der Waals surface area contributed by atoms with Crippen LogP contribution in [0.5, 0.6) is 5.75 Å². The van der Waals surface area contributed by atoms with Crippen LogP contribution in [-0.4, -0.2) is 43.6 Å². The lowest BCUT2D eigenvalue weighted by atomic mass is 10.1. The Labute approximate surface area is 150 Å². The second-order valence-corrected chi connectivity index (χ2v) is 5.86. The normalized spacial score (nSPS) is 10.7. The minimum absolute atomic E-state index is 0.0810. The van der Waals surface area contributed by atoms with E-state index in [1.54, 1.807) is 0 Å². The van der Waals surface area contributed by atoms with Gasteiger partial charge in [0, 0.05) is 19.5 Å². The second kappa shape index (κ2) is 10.5. The molecule has 0 spiro atoms. The van der Waals surface area contributed by atoms with E-state index in [1.807, 2.05) is 42.5 Å². The maximum atomic E-state index is 12.4. The van der Waals surface area contributed by atoms with E-state index in [4.69, 9.17) is 4.74 Å². The maximum absolute atomic E-state index is 12.4. The molecule has 2 aromatic carbocycles. The molecule has 25 heavy (non-hydrogen) atoms. The molecule has 0 aliphatic carbocycles. The summed E-state index contributed by atoms with van der Waals surface area (Å²) in [5, 5.41) is 2.99. The van der Waals surface area contributed by atoms with Crippen molar-refractivity contribution in [2.75, 3.05) is 32.8 Å². The Morgan fingerprint density at radius 1 is 1.00 bits per heavy atom. The number of benzene rings is 2. The van der Waals surface area contributed by atoms with E-state index < -0.39 is 0 Å². The predicted octanol–water partition coefficient (Wildman–Crippen LogP) is 3.38. The van der Waals surface area contributed by atoms with Crippen LogP contribution in [0.1, 0.15) is 29.8 Å². The van der Waals surface area contributed by atoms with Gasteiger partial charge in [0.2, 0.25) is 0 Å². The number of hydrogen-bond donors (Lipinski definition) is 1. The Hall–Kier alpha value is -2.33. The fourth-order valence-electron chi connectivity index (χ4n) is 2.67. The van der Waals surface area contributed by atoms with E-state index in [-0.39, 0.29) is 5.91 Å². The van der Waals surface area contributed by atoms with E-state index >= 15 is 0 Å². The van der Waals surface area contributed by atoms with Crippen molar-refractivity contribution in [3.05, 3.63) is 65.7 Å². The third-order valence-electron chi connectivity index (χ3n) is 4.23. The van der Waals surface area contributed by atoms with Crippen molar-refractivity contribution in [3.63, 3.8) is 0 Å². The lowest BCUT2D eigenvalue weighted by Gasteiger charge is -2.18. The fourth-order valence-corrected chi connectivity index (χ4v) is 2.67. The molecule has 0 unspecified atom stereocenters. The van der Waals surface area contributed by atoms with Gasteiger partial charge in [0.15, 0.2) is 0 Å². The zero-order valence-electron chi connectivity index (χ0n) is 15.2. The van der Waals surface area contributed by atoms with Gasteiger partial charge in [-0.25, -0.2) is 0 Å². The first kappa shape index (κ1) is 19.0. The molecule has 4 heteroatoms. The quantitative estimate of drug-likeness (QED) is 0.721. The summed E-state index contributed by atoms with van der Waals surface area (Å²) in [7, 11) is 0. The van der Waals surface area contributed by atoms with Gasteiger partial charge in [0.25, 0.3) is 5.91 Å². The number of carbonyl (C=O) groups excluding carboxylic acids is 1. The Balaban J connectivity index is 1.87. The van der Waals surface area contributed by atoms with Crippen LogP contribution in [0, 0.1) is 0 Å². The highest BCUT2D eigenvalue weighted by molar-refractivity contribution is 5.96. The largest absolute Gasteiger partial charge is 0.492 e. The first-order valence-electron chi connectivity index (χ1n) is 9.00. The molecule has 0 aromatic heterocycles. The number of hydrogen-bond acceptors (Lipinski definition) is 3. The number of ether oxygens (including phenoxy) is 1. The van der Waals surface area contributed by atoms with Crippen molar-refractivity contribution in [3.8, 4) is 5.75 Å². The average molecular weight is 340 g/mol. The molecule has 0 heterocycles. The molecule has 2 aromatic rings. The van der Waals surface area contributed by atoms with Crippen LogP contribution in [-0.2, 0) is 6.42 Å². The molecule has 1 N–H and O–H groups in total.